The first-order valence-electron chi connectivity index (χ1n) is 17.1. The SMILES string of the molecule is CC[C@H]1OC(=O)[C@H](C)[C@@H]2OCC(C)CO[C@@](C)(C[C@@H](C)C(=O)[C@H](C)[C@H]3NC(=O)O[C@]31C)[C@H](O[C@@H]1O[C@H](C)C[C@H](N(C)C)[C@H]1O)[C@H]2C. The first kappa shape index (κ1) is 37.0. The van der Waals surface area contributed by atoms with E-state index in [1.807, 2.05) is 60.5 Å². The zero-order chi connectivity index (χ0) is 34.3. The van der Waals surface area contributed by atoms with Crippen LogP contribution in [0.5, 0.6) is 0 Å². The summed E-state index contributed by atoms with van der Waals surface area (Å²) in [7, 11) is 3.84. The molecule has 4 saturated heterocycles. The van der Waals surface area contributed by atoms with Crippen LogP contribution < -0.4 is 5.32 Å². The number of aliphatic hydroxyl groups excluding tert-OH is 1. The average molecular weight is 655 g/mol. The van der Waals surface area contributed by atoms with Crippen LogP contribution in [0.25, 0.3) is 0 Å². The fraction of sp³-hybridized carbons (Fsp3) is 0.912. The third kappa shape index (κ3) is 7.27. The van der Waals surface area contributed by atoms with E-state index < -0.39 is 83.7 Å². The lowest BCUT2D eigenvalue weighted by Crippen LogP contribution is -2.60. The predicted molar refractivity (Wildman–Crippen MR) is 169 cm³/mol. The van der Waals surface area contributed by atoms with Crippen LogP contribution in [-0.2, 0) is 38.0 Å². The summed E-state index contributed by atoms with van der Waals surface area (Å²) in [5, 5.41) is 14.3. The Labute approximate surface area is 274 Å². The number of nitrogens with one attached hydrogen (secondary N) is 1. The van der Waals surface area contributed by atoms with Gasteiger partial charge >= 0.3 is 12.1 Å². The summed E-state index contributed by atoms with van der Waals surface area (Å²) < 4.78 is 38.2. The molecule has 4 aliphatic rings. The number of fused-ring (bicyclic) bond motifs is 4. The monoisotopic (exact) mass is 654 g/mol. The second kappa shape index (κ2) is 14.3. The molecule has 0 radical (unpaired) electrons. The first-order chi connectivity index (χ1) is 21.4. The minimum atomic E-state index is -1.26. The number of rotatable bonds is 4. The van der Waals surface area contributed by atoms with E-state index in [0.717, 1.165) is 0 Å². The summed E-state index contributed by atoms with van der Waals surface area (Å²) in [6, 6.07) is -0.918. The topological polar surface area (TPSA) is 142 Å². The average Bonchev–Trinajstić information content (AvgIpc) is 3.32. The van der Waals surface area contributed by atoms with Crippen LogP contribution in [-0.4, -0.2) is 115 Å². The number of amides is 1. The number of esters is 1. The predicted octanol–water partition coefficient (Wildman–Crippen LogP) is 3.31. The molecule has 15 atom stereocenters. The van der Waals surface area contributed by atoms with Crippen molar-refractivity contribution in [3.05, 3.63) is 0 Å². The molecule has 2 N–H and O–H groups in total. The fourth-order valence-electron chi connectivity index (χ4n) is 8.22. The number of cyclic esters (lactones) is 1. The summed E-state index contributed by atoms with van der Waals surface area (Å²) in [6.45, 7) is 17.6. The molecule has 12 nitrogen and oxygen atoms in total. The van der Waals surface area contributed by atoms with Crippen LogP contribution in [0.2, 0.25) is 0 Å². The van der Waals surface area contributed by atoms with Gasteiger partial charge in [-0.15, -0.1) is 0 Å². The largest absolute Gasteiger partial charge is 0.458 e. The van der Waals surface area contributed by atoms with Crippen molar-refractivity contribution in [1.82, 2.24) is 10.2 Å². The molecule has 0 saturated carbocycles. The zero-order valence-electron chi connectivity index (χ0n) is 29.6. The molecule has 0 aromatic carbocycles. The van der Waals surface area contributed by atoms with Crippen LogP contribution in [0.15, 0.2) is 0 Å². The first-order valence-corrected chi connectivity index (χ1v) is 17.1. The van der Waals surface area contributed by atoms with E-state index in [9.17, 15) is 19.5 Å². The Morgan fingerprint density at radius 1 is 1.02 bits per heavy atom. The van der Waals surface area contributed by atoms with E-state index in [1.165, 1.54) is 0 Å². The van der Waals surface area contributed by atoms with Gasteiger partial charge in [0.2, 0.25) is 0 Å². The molecule has 4 heterocycles. The van der Waals surface area contributed by atoms with E-state index >= 15 is 0 Å². The Hall–Kier alpha value is -1.83. The third-order valence-electron chi connectivity index (χ3n) is 10.9. The number of Topliss-reactive ketones (excluding diaryl/α,β-unsaturated/α-hetero) is 1. The Balaban J connectivity index is 1.83. The Kier molecular flexibility index (Phi) is 11.5. The molecular weight excluding hydrogens is 596 g/mol. The van der Waals surface area contributed by atoms with Gasteiger partial charge in [-0.25, -0.2) is 4.79 Å². The number of ketones is 1. The number of aliphatic hydroxyl groups is 1. The van der Waals surface area contributed by atoms with Crippen molar-refractivity contribution in [2.45, 2.75) is 142 Å². The zero-order valence-corrected chi connectivity index (χ0v) is 29.6. The number of hydrogen-bond acceptors (Lipinski definition) is 11. The summed E-state index contributed by atoms with van der Waals surface area (Å²) in [5.41, 5.74) is -2.31. The standard InChI is InChI=1S/C34H58N2O10/c1-12-24-34(9)28(35-32(40)46-34)20(5)25(37)18(3)14-33(8)29(45-31-26(38)23(36(10)11)13-19(4)43-31)21(6)27(22(7)30(39)44-24)41-15-17(2)16-42-33/h17-24,26-29,31,38H,12-16H2,1-11H3,(H,35,40)/t17?,18-,19-,20+,21+,22-,23+,24-,26-,27-,28-,29-,31+,33+,34+/m1/s1. The molecule has 264 valence electrons. The van der Waals surface area contributed by atoms with E-state index in [-0.39, 0.29) is 30.3 Å². The highest BCUT2D eigenvalue weighted by molar-refractivity contribution is 5.85. The van der Waals surface area contributed by atoms with Gasteiger partial charge in [-0.2, -0.15) is 0 Å². The molecule has 0 aromatic rings. The number of nitrogens with zero attached hydrogens (tertiary/aromatic N) is 1. The van der Waals surface area contributed by atoms with Gasteiger partial charge < -0.3 is 43.7 Å². The summed E-state index contributed by atoms with van der Waals surface area (Å²) in [6.07, 6.45) is -3.68. The van der Waals surface area contributed by atoms with E-state index in [2.05, 4.69) is 5.32 Å². The summed E-state index contributed by atoms with van der Waals surface area (Å²) >= 11 is 0. The lowest BCUT2D eigenvalue weighted by molar-refractivity contribution is -0.302. The lowest BCUT2D eigenvalue weighted by Gasteiger charge is -2.48. The molecule has 1 amide bonds. The van der Waals surface area contributed by atoms with Crippen LogP contribution in [0.4, 0.5) is 4.79 Å². The number of alkyl carbamates (subject to hydrolysis) is 1. The molecule has 0 aliphatic carbocycles. The number of likely N-dealkylation sites (N-methyl/N-ethyl adjacent to an activating group) is 1. The van der Waals surface area contributed by atoms with Gasteiger partial charge in [0.1, 0.15) is 18.0 Å². The highest BCUT2D eigenvalue weighted by Crippen LogP contribution is 2.42. The summed E-state index contributed by atoms with van der Waals surface area (Å²) in [5.74, 6) is -2.96. The van der Waals surface area contributed by atoms with Gasteiger partial charge in [0.15, 0.2) is 11.9 Å². The van der Waals surface area contributed by atoms with E-state index in [4.69, 9.17) is 28.4 Å². The van der Waals surface area contributed by atoms with Crippen molar-refractivity contribution in [1.29, 1.82) is 0 Å². The maximum Gasteiger partial charge on any atom is 0.408 e. The van der Waals surface area contributed by atoms with Crippen LogP contribution in [0.1, 0.15) is 81.6 Å². The second-order valence-corrected chi connectivity index (χ2v) is 15.1. The molecule has 4 aliphatic heterocycles. The minimum Gasteiger partial charge on any atom is -0.458 e. The maximum atomic E-state index is 14.2. The fourth-order valence-corrected chi connectivity index (χ4v) is 8.22. The van der Waals surface area contributed by atoms with Crippen molar-refractivity contribution in [3.8, 4) is 0 Å². The van der Waals surface area contributed by atoms with Crippen molar-refractivity contribution >= 4 is 17.8 Å². The Morgan fingerprint density at radius 2 is 1.70 bits per heavy atom. The quantitative estimate of drug-likeness (QED) is 0.431. The van der Waals surface area contributed by atoms with Gasteiger partial charge in [-0.3, -0.25) is 9.59 Å². The van der Waals surface area contributed by atoms with Gasteiger partial charge in [-0.1, -0.05) is 34.6 Å². The van der Waals surface area contributed by atoms with Gasteiger partial charge in [0.25, 0.3) is 0 Å². The molecule has 12 heteroatoms. The molecule has 2 bridgehead atoms. The molecule has 0 aromatic heterocycles. The minimum absolute atomic E-state index is 0.0171. The third-order valence-corrected chi connectivity index (χ3v) is 10.9. The van der Waals surface area contributed by atoms with Gasteiger partial charge in [0, 0.05) is 29.7 Å². The highest BCUT2D eigenvalue weighted by Gasteiger charge is 2.57. The van der Waals surface area contributed by atoms with Crippen molar-refractivity contribution < 1.29 is 47.9 Å². The van der Waals surface area contributed by atoms with Gasteiger partial charge in [0.05, 0.1) is 49.1 Å². The highest BCUT2D eigenvalue weighted by atomic mass is 16.7. The maximum absolute atomic E-state index is 14.2. The van der Waals surface area contributed by atoms with Gasteiger partial charge in [-0.05, 0) is 61.1 Å². The molecule has 1 unspecified atom stereocenters. The number of ether oxygens (including phenoxy) is 6. The van der Waals surface area contributed by atoms with Crippen LogP contribution in [0, 0.1) is 29.6 Å². The smallest absolute Gasteiger partial charge is 0.408 e. The molecule has 46 heavy (non-hydrogen) atoms. The summed E-state index contributed by atoms with van der Waals surface area (Å²) in [4.78, 5) is 42.8. The Bertz CT molecular complexity index is 1110. The molecular formula is C34H58N2O10. The molecule has 0 spiro atoms. The van der Waals surface area contributed by atoms with E-state index in [1.54, 1.807) is 20.8 Å². The molecule has 4 rings (SSSR count). The number of hydrogen-bond donors (Lipinski definition) is 2. The van der Waals surface area contributed by atoms with Crippen LogP contribution in [0.3, 0.4) is 0 Å². The van der Waals surface area contributed by atoms with E-state index in [0.29, 0.717) is 26.1 Å². The normalized spacial score (nSPS) is 47.9. The number of carbonyl (C=O) groups excluding carboxylic acids is 3. The Morgan fingerprint density at radius 3 is 2.33 bits per heavy atom. The number of carbonyl (C=O) groups is 3. The lowest BCUT2D eigenvalue weighted by atomic mass is 9.73. The van der Waals surface area contributed by atoms with Crippen molar-refractivity contribution in [3.63, 3.8) is 0 Å². The molecule has 4 fully saturated rings. The van der Waals surface area contributed by atoms with Crippen molar-refractivity contribution in [2.75, 3.05) is 27.3 Å². The second-order valence-electron chi connectivity index (χ2n) is 15.1. The van der Waals surface area contributed by atoms with Crippen molar-refractivity contribution in [2.24, 2.45) is 29.6 Å². The van der Waals surface area contributed by atoms with Crippen LogP contribution >= 0.6 is 0 Å².